The summed E-state index contributed by atoms with van der Waals surface area (Å²) in [7, 11) is 1.67. The van der Waals surface area contributed by atoms with Crippen LogP contribution in [0.1, 0.15) is 43.1 Å². The number of ether oxygens (including phenoxy) is 1. The highest BCUT2D eigenvalue weighted by Crippen LogP contribution is 2.18. The first-order chi connectivity index (χ1) is 12.8. The average Bonchev–Trinajstić information content (AvgIpc) is 3.04. The molecule has 1 fully saturated rings. The molecule has 0 bridgehead atoms. The van der Waals surface area contributed by atoms with Crippen LogP contribution in [0.2, 0.25) is 0 Å². The Morgan fingerprint density at radius 3 is 2.63 bits per heavy atom. The largest absolute Gasteiger partial charge is 0.378 e. The Bertz CT molecular complexity index is 663. The van der Waals surface area contributed by atoms with E-state index in [-0.39, 0.29) is 24.1 Å². The van der Waals surface area contributed by atoms with Gasteiger partial charge >= 0.3 is 6.03 Å². The zero-order valence-corrected chi connectivity index (χ0v) is 17.0. The fourth-order valence-electron chi connectivity index (χ4n) is 3.21. The number of carbonyl (C=O) groups is 2. The van der Waals surface area contributed by atoms with Crippen LogP contribution in [-0.4, -0.2) is 61.8 Å². The topological polar surface area (TPSA) is 82.7 Å². The Balaban J connectivity index is 1.96. The second kappa shape index (κ2) is 9.71. The van der Waals surface area contributed by atoms with Gasteiger partial charge in [0.05, 0.1) is 12.1 Å². The third-order valence-electron chi connectivity index (χ3n) is 4.92. The lowest BCUT2D eigenvalue weighted by atomic mass is 10.1. The summed E-state index contributed by atoms with van der Waals surface area (Å²) in [5.41, 5.74) is 2.12. The quantitative estimate of drug-likeness (QED) is 0.682. The van der Waals surface area contributed by atoms with Crippen molar-refractivity contribution in [3.63, 3.8) is 0 Å². The van der Waals surface area contributed by atoms with Crippen molar-refractivity contribution >= 4 is 17.6 Å². The summed E-state index contributed by atoms with van der Waals surface area (Å²) in [6.07, 6.45) is 0.867. The molecule has 7 nitrogen and oxygen atoms in total. The molecule has 27 heavy (non-hydrogen) atoms. The van der Waals surface area contributed by atoms with E-state index in [0.717, 1.165) is 25.1 Å². The highest BCUT2D eigenvalue weighted by Gasteiger charge is 2.34. The van der Waals surface area contributed by atoms with Gasteiger partial charge in [0.2, 0.25) is 0 Å². The van der Waals surface area contributed by atoms with Crippen LogP contribution in [0.25, 0.3) is 0 Å². The molecule has 0 radical (unpaired) electrons. The number of amides is 3. The fraction of sp³-hybridized carbons (Fsp3) is 0.600. The van der Waals surface area contributed by atoms with Crippen molar-refractivity contribution < 1.29 is 14.3 Å². The first-order valence-electron chi connectivity index (χ1n) is 9.58. The van der Waals surface area contributed by atoms with Crippen molar-refractivity contribution in [2.45, 2.75) is 52.3 Å². The van der Waals surface area contributed by atoms with Gasteiger partial charge in [0.1, 0.15) is 0 Å². The van der Waals surface area contributed by atoms with E-state index in [1.807, 2.05) is 13.8 Å². The molecule has 1 saturated heterocycles. The predicted molar refractivity (Wildman–Crippen MR) is 107 cm³/mol. The molecule has 2 atom stereocenters. The van der Waals surface area contributed by atoms with E-state index in [9.17, 15) is 9.59 Å². The summed E-state index contributed by atoms with van der Waals surface area (Å²) < 4.78 is 5.52. The molecule has 1 aromatic carbocycles. The molecule has 1 aliphatic rings. The number of likely N-dealkylation sites (tertiary alicyclic amines) is 1. The normalized spacial score (nSPS) is 19.9. The third-order valence-corrected chi connectivity index (χ3v) is 4.92. The molecule has 0 spiro atoms. The minimum Gasteiger partial charge on any atom is -0.378 e. The van der Waals surface area contributed by atoms with Crippen molar-refractivity contribution in [3.05, 3.63) is 29.3 Å². The molecule has 3 N–H and O–H groups in total. The van der Waals surface area contributed by atoms with Crippen LogP contribution in [0, 0.1) is 6.92 Å². The van der Waals surface area contributed by atoms with E-state index >= 15 is 0 Å². The van der Waals surface area contributed by atoms with Gasteiger partial charge in [-0.15, -0.1) is 0 Å². The van der Waals surface area contributed by atoms with Gasteiger partial charge in [0, 0.05) is 44.0 Å². The van der Waals surface area contributed by atoms with Gasteiger partial charge in [0.25, 0.3) is 5.91 Å². The Morgan fingerprint density at radius 2 is 2.04 bits per heavy atom. The number of hydrogen-bond donors (Lipinski definition) is 3. The maximum absolute atomic E-state index is 12.4. The minimum absolute atomic E-state index is 0.0242. The van der Waals surface area contributed by atoms with Crippen molar-refractivity contribution in [1.29, 1.82) is 0 Å². The van der Waals surface area contributed by atoms with Crippen molar-refractivity contribution in [1.82, 2.24) is 15.5 Å². The third kappa shape index (κ3) is 5.68. The van der Waals surface area contributed by atoms with Crippen LogP contribution in [0.3, 0.4) is 0 Å². The Labute approximate surface area is 161 Å². The minimum atomic E-state index is -0.265. The number of rotatable bonds is 7. The van der Waals surface area contributed by atoms with Crippen molar-refractivity contribution in [2.24, 2.45) is 0 Å². The number of methoxy groups -OCH3 is 1. The van der Waals surface area contributed by atoms with Gasteiger partial charge in [-0.05, 0) is 51.0 Å². The molecule has 1 heterocycles. The monoisotopic (exact) mass is 376 g/mol. The highest BCUT2D eigenvalue weighted by molar-refractivity contribution is 5.96. The zero-order chi connectivity index (χ0) is 20.0. The molecular formula is C20H32N4O3. The molecular weight excluding hydrogens is 344 g/mol. The first kappa shape index (κ1) is 21.2. The molecule has 0 aliphatic carbocycles. The second-order valence-electron chi connectivity index (χ2n) is 7.31. The van der Waals surface area contributed by atoms with Gasteiger partial charge in [0.15, 0.2) is 0 Å². The average molecular weight is 377 g/mol. The lowest BCUT2D eigenvalue weighted by Crippen LogP contribution is -2.45. The molecule has 0 saturated carbocycles. The van der Waals surface area contributed by atoms with Gasteiger partial charge in [-0.25, -0.2) is 4.79 Å². The first-order valence-corrected chi connectivity index (χ1v) is 9.58. The van der Waals surface area contributed by atoms with Crippen molar-refractivity contribution in [2.75, 3.05) is 32.1 Å². The Kier molecular flexibility index (Phi) is 7.62. The zero-order valence-electron chi connectivity index (χ0n) is 17.0. The molecule has 3 amide bonds. The van der Waals surface area contributed by atoms with Gasteiger partial charge in [-0.1, -0.05) is 6.92 Å². The summed E-state index contributed by atoms with van der Waals surface area (Å²) in [6, 6.07) is 5.36. The van der Waals surface area contributed by atoms with E-state index in [2.05, 4.69) is 34.7 Å². The number of nitrogens with zero attached hydrogens (tertiary/aromatic N) is 1. The summed E-state index contributed by atoms with van der Waals surface area (Å²) in [6.45, 7) is 10.4. The number of carbonyl (C=O) groups excluding carboxylic acids is 2. The molecule has 2 rings (SSSR count). The van der Waals surface area contributed by atoms with Crippen LogP contribution < -0.4 is 16.0 Å². The molecule has 1 aromatic rings. The van der Waals surface area contributed by atoms with E-state index in [1.54, 1.807) is 25.3 Å². The van der Waals surface area contributed by atoms with E-state index < -0.39 is 0 Å². The molecule has 1 aliphatic heterocycles. The standard InChI is InChI=1S/C20H32N4O3/c1-6-9-21-19(25)15-7-8-16(14(4)10-15)22-20(26)23-17-11-24(13(2)3)12-18(17)27-5/h7-8,10,13,17-18H,6,9,11-12H2,1-5H3,(H,21,25)(H2,22,23,26)/t17-,18-/m0/s1. The number of urea groups is 1. The van der Waals surface area contributed by atoms with E-state index in [4.69, 9.17) is 4.74 Å². The Morgan fingerprint density at radius 1 is 1.30 bits per heavy atom. The smallest absolute Gasteiger partial charge is 0.319 e. The molecule has 7 heteroatoms. The Hall–Kier alpha value is -2.12. The van der Waals surface area contributed by atoms with Crippen molar-refractivity contribution in [3.8, 4) is 0 Å². The van der Waals surface area contributed by atoms with E-state index in [1.165, 1.54) is 0 Å². The van der Waals surface area contributed by atoms with Gasteiger partial charge < -0.3 is 20.7 Å². The van der Waals surface area contributed by atoms with Crippen LogP contribution in [0.5, 0.6) is 0 Å². The second-order valence-corrected chi connectivity index (χ2v) is 7.31. The number of benzene rings is 1. The molecule has 0 unspecified atom stereocenters. The van der Waals surface area contributed by atoms with E-state index in [0.29, 0.717) is 23.8 Å². The summed E-state index contributed by atoms with van der Waals surface area (Å²) in [5.74, 6) is -0.0985. The van der Waals surface area contributed by atoms with Crippen LogP contribution in [-0.2, 0) is 4.74 Å². The van der Waals surface area contributed by atoms with Crippen LogP contribution >= 0.6 is 0 Å². The van der Waals surface area contributed by atoms with Gasteiger partial charge in [-0.2, -0.15) is 0 Å². The number of nitrogens with one attached hydrogen (secondary N) is 3. The number of anilines is 1. The molecule has 0 aromatic heterocycles. The summed E-state index contributed by atoms with van der Waals surface area (Å²) >= 11 is 0. The SMILES string of the molecule is CCCNC(=O)c1ccc(NC(=O)N[C@H]2CN(C(C)C)C[C@@H]2OC)c(C)c1. The van der Waals surface area contributed by atoms with Crippen LogP contribution in [0.15, 0.2) is 18.2 Å². The number of hydrogen-bond acceptors (Lipinski definition) is 4. The lowest BCUT2D eigenvalue weighted by Gasteiger charge is -2.20. The predicted octanol–water partition coefficient (Wildman–Crippen LogP) is 2.36. The summed E-state index contributed by atoms with van der Waals surface area (Å²) in [5, 5.41) is 8.74. The summed E-state index contributed by atoms with van der Waals surface area (Å²) in [4.78, 5) is 26.8. The lowest BCUT2D eigenvalue weighted by molar-refractivity contribution is 0.0896. The fourth-order valence-corrected chi connectivity index (χ4v) is 3.21. The maximum atomic E-state index is 12.4. The highest BCUT2D eigenvalue weighted by atomic mass is 16.5. The molecule has 150 valence electrons. The number of aryl methyl sites for hydroxylation is 1. The maximum Gasteiger partial charge on any atom is 0.319 e. The van der Waals surface area contributed by atoms with Gasteiger partial charge in [-0.3, -0.25) is 9.69 Å². The van der Waals surface area contributed by atoms with Crippen LogP contribution in [0.4, 0.5) is 10.5 Å².